The maximum atomic E-state index is 5.66. The van der Waals surface area contributed by atoms with E-state index in [1.807, 2.05) is 0 Å². The Labute approximate surface area is 90.9 Å². The molecule has 0 aliphatic heterocycles. The van der Waals surface area contributed by atoms with Crippen molar-refractivity contribution in [2.45, 2.75) is 6.54 Å². The Hall–Kier alpha value is -1.82. The predicted molar refractivity (Wildman–Crippen MR) is 57.4 cm³/mol. The van der Waals surface area contributed by atoms with Crippen LogP contribution in [0.5, 0.6) is 0 Å². The molecule has 2 heterocycles. The van der Waals surface area contributed by atoms with E-state index in [4.69, 9.17) is 17.3 Å². The lowest BCUT2D eigenvalue weighted by atomic mass is 10.4. The van der Waals surface area contributed by atoms with E-state index in [0.717, 1.165) is 5.69 Å². The Balaban J connectivity index is 2.07. The zero-order valence-electron chi connectivity index (χ0n) is 7.74. The third kappa shape index (κ3) is 2.35. The summed E-state index contributed by atoms with van der Waals surface area (Å²) in [5, 5.41) is 3.19. The van der Waals surface area contributed by atoms with Gasteiger partial charge in [0.05, 0.1) is 30.5 Å². The molecule has 2 aromatic heterocycles. The number of H-pyrrole nitrogens is 1. The first-order chi connectivity index (χ1) is 7.25. The minimum Gasteiger partial charge on any atom is -0.394 e. The van der Waals surface area contributed by atoms with Gasteiger partial charge in [-0.15, -0.1) is 0 Å². The highest BCUT2D eigenvalue weighted by Gasteiger charge is 2.02. The Kier molecular flexibility index (Phi) is 2.68. The molecule has 2 rings (SSSR count). The summed E-state index contributed by atoms with van der Waals surface area (Å²) in [6.45, 7) is 0.553. The van der Waals surface area contributed by atoms with Crippen LogP contribution in [0.3, 0.4) is 0 Å². The molecule has 7 heteroatoms. The van der Waals surface area contributed by atoms with Gasteiger partial charge in [0.2, 0.25) is 5.28 Å². The lowest BCUT2D eigenvalue weighted by Crippen LogP contribution is -2.05. The topological polar surface area (TPSA) is 92.5 Å². The van der Waals surface area contributed by atoms with Crippen molar-refractivity contribution < 1.29 is 0 Å². The molecule has 0 fully saturated rings. The fourth-order valence-electron chi connectivity index (χ4n) is 1.07. The molecule has 0 aliphatic carbocycles. The minimum absolute atomic E-state index is 0.163. The van der Waals surface area contributed by atoms with Crippen molar-refractivity contribution in [2.24, 2.45) is 0 Å². The van der Waals surface area contributed by atoms with Crippen LogP contribution in [-0.2, 0) is 6.54 Å². The Morgan fingerprint density at radius 2 is 2.33 bits per heavy atom. The van der Waals surface area contributed by atoms with Crippen molar-refractivity contribution in [3.8, 4) is 0 Å². The van der Waals surface area contributed by atoms with E-state index < -0.39 is 0 Å². The highest BCUT2D eigenvalue weighted by atomic mass is 35.5. The number of nitrogens with one attached hydrogen (secondary N) is 2. The molecule has 15 heavy (non-hydrogen) atoms. The number of hydrogen-bond acceptors (Lipinski definition) is 5. The molecule has 0 bridgehead atoms. The number of aromatic nitrogens is 4. The maximum absolute atomic E-state index is 5.66. The average Bonchev–Trinajstić information content (AvgIpc) is 2.72. The first-order valence-corrected chi connectivity index (χ1v) is 4.62. The summed E-state index contributed by atoms with van der Waals surface area (Å²) in [7, 11) is 0. The van der Waals surface area contributed by atoms with Gasteiger partial charge in [-0.05, 0) is 11.6 Å². The molecule has 4 N–H and O–H groups in total. The zero-order valence-corrected chi connectivity index (χ0v) is 8.49. The van der Waals surface area contributed by atoms with Crippen molar-refractivity contribution >= 4 is 23.1 Å². The number of nitrogens with zero attached hydrogens (tertiary/aromatic N) is 3. The smallest absolute Gasteiger partial charge is 0.224 e. The molecule has 0 radical (unpaired) electrons. The van der Waals surface area contributed by atoms with E-state index in [2.05, 4.69) is 25.3 Å². The number of anilines is 2. The lowest BCUT2D eigenvalue weighted by molar-refractivity contribution is 1.04. The third-order valence-electron chi connectivity index (χ3n) is 1.79. The van der Waals surface area contributed by atoms with Crippen molar-refractivity contribution in [1.29, 1.82) is 0 Å². The first kappa shape index (κ1) is 9.72. The number of halogens is 1. The van der Waals surface area contributed by atoms with E-state index in [1.165, 1.54) is 6.20 Å². The van der Waals surface area contributed by atoms with Crippen LogP contribution in [0.2, 0.25) is 5.28 Å². The molecule has 0 amide bonds. The van der Waals surface area contributed by atoms with Gasteiger partial charge >= 0.3 is 0 Å². The lowest BCUT2D eigenvalue weighted by Gasteiger charge is -2.06. The van der Waals surface area contributed by atoms with Crippen molar-refractivity contribution in [3.63, 3.8) is 0 Å². The second-order valence-electron chi connectivity index (χ2n) is 2.87. The molecule has 0 unspecified atom stereocenters. The standard InChI is InChI=1S/C8H9ClN6/c9-8-13-3-6(10)7(15-8)12-2-5-1-11-4-14-5/h1,3-4H,2,10H2,(H,11,14)(H,12,13,15). The van der Waals surface area contributed by atoms with Crippen LogP contribution in [0, 0.1) is 0 Å². The summed E-state index contributed by atoms with van der Waals surface area (Å²) in [4.78, 5) is 14.5. The number of imidazole rings is 1. The van der Waals surface area contributed by atoms with Crippen LogP contribution in [0.25, 0.3) is 0 Å². The second kappa shape index (κ2) is 4.14. The van der Waals surface area contributed by atoms with Gasteiger partial charge in [-0.25, -0.2) is 9.97 Å². The van der Waals surface area contributed by atoms with Crippen molar-refractivity contribution in [1.82, 2.24) is 19.9 Å². The largest absolute Gasteiger partial charge is 0.394 e. The third-order valence-corrected chi connectivity index (χ3v) is 1.97. The van der Waals surface area contributed by atoms with Crippen LogP contribution in [0.15, 0.2) is 18.7 Å². The second-order valence-corrected chi connectivity index (χ2v) is 3.21. The SMILES string of the molecule is Nc1cnc(Cl)nc1NCc1cnc[nH]1. The van der Waals surface area contributed by atoms with E-state index in [0.29, 0.717) is 18.1 Å². The number of hydrogen-bond donors (Lipinski definition) is 3. The van der Waals surface area contributed by atoms with E-state index in [-0.39, 0.29) is 5.28 Å². The zero-order chi connectivity index (χ0) is 10.7. The molecule has 0 spiro atoms. The summed E-state index contributed by atoms with van der Waals surface area (Å²) >= 11 is 5.64. The summed E-state index contributed by atoms with van der Waals surface area (Å²) in [6, 6.07) is 0. The maximum Gasteiger partial charge on any atom is 0.224 e. The first-order valence-electron chi connectivity index (χ1n) is 4.25. The predicted octanol–water partition coefficient (Wildman–Crippen LogP) is 1.05. The molecule has 2 aromatic rings. The van der Waals surface area contributed by atoms with Crippen LogP contribution >= 0.6 is 11.6 Å². The number of nitrogen functional groups attached to an aromatic ring is 1. The quantitative estimate of drug-likeness (QED) is 0.678. The van der Waals surface area contributed by atoms with Gasteiger partial charge in [0.25, 0.3) is 0 Å². The summed E-state index contributed by atoms with van der Waals surface area (Å²) in [5.74, 6) is 0.518. The van der Waals surface area contributed by atoms with Crippen LogP contribution in [0.1, 0.15) is 5.69 Å². The molecular weight excluding hydrogens is 216 g/mol. The Morgan fingerprint density at radius 1 is 1.47 bits per heavy atom. The molecule has 0 aliphatic rings. The Bertz CT molecular complexity index is 440. The molecule has 0 saturated carbocycles. The number of rotatable bonds is 3. The van der Waals surface area contributed by atoms with Crippen molar-refractivity contribution in [2.75, 3.05) is 11.1 Å². The van der Waals surface area contributed by atoms with E-state index in [9.17, 15) is 0 Å². The highest BCUT2D eigenvalue weighted by Crippen LogP contribution is 2.16. The fraction of sp³-hybridized carbons (Fsp3) is 0.125. The van der Waals surface area contributed by atoms with E-state index in [1.54, 1.807) is 12.5 Å². The molecule has 0 aromatic carbocycles. The fourth-order valence-corrected chi connectivity index (χ4v) is 1.20. The number of aromatic amines is 1. The van der Waals surface area contributed by atoms with Gasteiger partial charge in [-0.2, -0.15) is 4.98 Å². The highest BCUT2D eigenvalue weighted by molar-refractivity contribution is 6.28. The molecule has 6 nitrogen and oxygen atoms in total. The van der Waals surface area contributed by atoms with Crippen LogP contribution < -0.4 is 11.1 Å². The van der Waals surface area contributed by atoms with Gasteiger partial charge in [0, 0.05) is 6.20 Å². The van der Waals surface area contributed by atoms with E-state index >= 15 is 0 Å². The van der Waals surface area contributed by atoms with Gasteiger partial charge < -0.3 is 16.0 Å². The van der Waals surface area contributed by atoms with Crippen molar-refractivity contribution in [3.05, 3.63) is 29.7 Å². The van der Waals surface area contributed by atoms with Crippen LogP contribution in [-0.4, -0.2) is 19.9 Å². The minimum atomic E-state index is 0.163. The summed E-state index contributed by atoms with van der Waals surface area (Å²) in [6.07, 6.45) is 4.78. The molecule has 0 atom stereocenters. The molecule has 78 valence electrons. The molecular formula is C8H9ClN6. The van der Waals surface area contributed by atoms with Gasteiger partial charge in [-0.3, -0.25) is 0 Å². The summed E-state index contributed by atoms with van der Waals surface area (Å²) < 4.78 is 0. The summed E-state index contributed by atoms with van der Waals surface area (Å²) in [5.41, 5.74) is 7.05. The average molecular weight is 225 g/mol. The van der Waals surface area contributed by atoms with Crippen LogP contribution in [0.4, 0.5) is 11.5 Å². The number of nitrogens with two attached hydrogens (primary N) is 1. The monoisotopic (exact) mass is 224 g/mol. The molecule has 0 saturated heterocycles. The van der Waals surface area contributed by atoms with Gasteiger partial charge in [-0.1, -0.05) is 0 Å². The normalized spacial score (nSPS) is 10.2. The Morgan fingerprint density at radius 3 is 3.07 bits per heavy atom. The van der Waals surface area contributed by atoms with Gasteiger partial charge in [0.1, 0.15) is 0 Å². The van der Waals surface area contributed by atoms with Gasteiger partial charge in [0.15, 0.2) is 5.82 Å².